The summed E-state index contributed by atoms with van der Waals surface area (Å²) < 4.78 is 10.6. The number of nitro groups is 1. The second kappa shape index (κ2) is 5.76. The van der Waals surface area contributed by atoms with Crippen LogP contribution in [0.15, 0.2) is 24.3 Å². The van der Waals surface area contributed by atoms with Crippen molar-refractivity contribution in [3.63, 3.8) is 0 Å². The van der Waals surface area contributed by atoms with Crippen molar-refractivity contribution in [3.05, 3.63) is 39.9 Å². The molecule has 28 heavy (non-hydrogen) atoms. The molecule has 0 radical (unpaired) electrons. The van der Waals surface area contributed by atoms with Gasteiger partial charge in [-0.2, -0.15) is 0 Å². The zero-order valence-electron chi connectivity index (χ0n) is 15.7. The van der Waals surface area contributed by atoms with Crippen molar-refractivity contribution < 1.29 is 28.8 Å². The average molecular weight is 388 g/mol. The fourth-order valence-corrected chi connectivity index (χ4v) is 5.59. The Morgan fingerprint density at radius 1 is 1.36 bits per heavy atom. The van der Waals surface area contributed by atoms with E-state index in [1.807, 2.05) is 0 Å². The van der Waals surface area contributed by atoms with Crippen molar-refractivity contribution in [1.82, 2.24) is 0 Å². The van der Waals surface area contributed by atoms with Crippen molar-refractivity contribution in [2.24, 2.45) is 11.8 Å². The van der Waals surface area contributed by atoms with Crippen molar-refractivity contribution in [3.8, 4) is 0 Å². The van der Waals surface area contributed by atoms with Gasteiger partial charge in [0.15, 0.2) is 0 Å². The number of nitrogens with zero attached hydrogens (tertiary/aromatic N) is 2. The number of esters is 2. The Kier molecular flexibility index (Phi) is 3.79. The van der Waals surface area contributed by atoms with E-state index in [0.717, 1.165) is 0 Å². The lowest BCUT2D eigenvalue weighted by molar-refractivity contribution is -0.542. The van der Waals surface area contributed by atoms with Crippen LogP contribution in [0.1, 0.15) is 25.3 Å². The minimum atomic E-state index is -1.57. The number of likely N-dealkylation sites (N-methyl/N-ethyl adjacent to an activating group) is 1. The topological polar surface area (TPSA) is 116 Å². The molecule has 9 nitrogen and oxygen atoms in total. The fourth-order valence-electron chi connectivity index (χ4n) is 5.59. The molecule has 0 bridgehead atoms. The average Bonchev–Trinajstić information content (AvgIpc) is 3.09. The number of hydrogen-bond acceptors (Lipinski definition) is 7. The Hall–Kier alpha value is -2.97. The van der Waals surface area contributed by atoms with Crippen molar-refractivity contribution in [1.29, 1.82) is 0 Å². The van der Waals surface area contributed by atoms with Gasteiger partial charge in [-0.25, -0.2) is 0 Å². The Bertz CT molecular complexity index is 915. The summed E-state index contributed by atoms with van der Waals surface area (Å²) in [4.78, 5) is 51.5. The van der Waals surface area contributed by atoms with E-state index in [0.29, 0.717) is 11.3 Å². The lowest BCUT2D eigenvalue weighted by Gasteiger charge is -2.51. The molecule has 2 fully saturated rings. The molecular formula is C19H20N2O7. The molecule has 1 aromatic rings. The van der Waals surface area contributed by atoms with Crippen LogP contribution in [0.2, 0.25) is 0 Å². The predicted molar refractivity (Wildman–Crippen MR) is 95.0 cm³/mol. The summed E-state index contributed by atoms with van der Waals surface area (Å²) in [5.74, 6) is -3.75. The molecule has 1 aromatic carbocycles. The van der Waals surface area contributed by atoms with Gasteiger partial charge in [-0.15, -0.1) is 0 Å². The normalized spacial score (nSPS) is 36.1. The number of carbonyl (C=O) groups excluding carboxylic acids is 3. The van der Waals surface area contributed by atoms with Gasteiger partial charge < -0.3 is 14.4 Å². The number of rotatable bonds is 2. The number of amides is 1. The molecule has 5 atom stereocenters. The standard InChI is InChI=1S/C19H20N2O7/c1-18-11(9-15(22)28-18)14(21(25)26)8-12(16(23)27-3)19(18)10-6-4-5-7-13(10)20(2)17(19)24/h4-7,11-12,14H,8-9H2,1-3H3/t11-,12+,14+,18-,19+/m0/s1. The fraction of sp³-hybridized carbons (Fsp3) is 0.526. The molecule has 2 aliphatic heterocycles. The summed E-state index contributed by atoms with van der Waals surface area (Å²) in [5, 5.41) is 11.8. The molecular weight excluding hydrogens is 368 g/mol. The first kappa shape index (κ1) is 18.4. The van der Waals surface area contributed by atoms with Crippen molar-refractivity contribution in [2.75, 3.05) is 19.1 Å². The number of carbonyl (C=O) groups is 3. The zero-order valence-corrected chi connectivity index (χ0v) is 15.7. The Morgan fingerprint density at radius 3 is 2.68 bits per heavy atom. The highest BCUT2D eigenvalue weighted by molar-refractivity contribution is 6.11. The predicted octanol–water partition coefficient (Wildman–Crippen LogP) is 1.06. The number of ether oxygens (including phenoxy) is 2. The van der Waals surface area contributed by atoms with Crippen LogP contribution in [0.3, 0.4) is 0 Å². The van der Waals surface area contributed by atoms with E-state index in [-0.39, 0.29) is 12.8 Å². The largest absolute Gasteiger partial charge is 0.469 e. The molecule has 1 spiro atoms. The zero-order chi connectivity index (χ0) is 20.4. The van der Waals surface area contributed by atoms with Crippen LogP contribution in [0.25, 0.3) is 0 Å². The van der Waals surface area contributed by atoms with E-state index in [1.54, 1.807) is 38.2 Å². The summed E-state index contributed by atoms with van der Waals surface area (Å²) in [6, 6.07) is 5.75. The van der Waals surface area contributed by atoms with Crippen molar-refractivity contribution >= 4 is 23.5 Å². The van der Waals surface area contributed by atoms with Crippen LogP contribution >= 0.6 is 0 Å². The highest BCUT2D eigenvalue weighted by Crippen LogP contribution is 2.63. The number of fused-ring (bicyclic) bond motifs is 4. The third kappa shape index (κ3) is 1.93. The maximum atomic E-state index is 13.7. The molecule has 1 saturated heterocycles. The minimum absolute atomic E-state index is 0.170. The summed E-state index contributed by atoms with van der Waals surface area (Å²) in [7, 11) is 2.76. The van der Waals surface area contributed by atoms with E-state index in [1.165, 1.54) is 12.0 Å². The quantitative estimate of drug-likeness (QED) is 0.422. The number of hydrogen-bond donors (Lipinski definition) is 0. The van der Waals surface area contributed by atoms with Gasteiger partial charge in [-0.1, -0.05) is 18.2 Å². The molecule has 1 amide bonds. The first-order valence-corrected chi connectivity index (χ1v) is 9.01. The van der Waals surface area contributed by atoms with Gasteiger partial charge in [-0.3, -0.25) is 24.5 Å². The Labute approximate surface area is 160 Å². The van der Waals surface area contributed by atoms with Gasteiger partial charge in [0.1, 0.15) is 11.0 Å². The molecule has 1 saturated carbocycles. The molecule has 0 N–H and O–H groups in total. The van der Waals surface area contributed by atoms with Gasteiger partial charge in [0, 0.05) is 24.1 Å². The molecule has 0 unspecified atom stereocenters. The maximum Gasteiger partial charge on any atom is 0.310 e. The lowest BCUT2D eigenvalue weighted by atomic mass is 9.50. The molecule has 0 aromatic heterocycles. The highest BCUT2D eigenvalue weighted by atomic mass is 16.6. The second-order valence-electron chi connectivity index (χ2n) is 7.75. The van der Waals surface area contributed by atoms with Crippen LogP contribution in [0.4, 0.5) is 5.69 Å². The number of anilines is 1. The van der Waals surface area contributed by atoms with Gasteiger partial charge in [0.2, 0.25) is 11.9 Å². The molecule has 4 rings (SSSR count). The van der Waals surface area contributed by atoms with E-state index in [2.05, 4.69) is 0 Å². The highest BCUT2D eigenvalue weighted by Gasteiger charge is 2.78. The molecule has 148 valence electrons. The van der Waals surface area contributed by atoms with Gasteiger partial charge in [-0.05, 0) is 18.6 Å². The Balaban J connectivity index is 2.05. The summed E-state index contributed by atoms with van der Waals surface area (Å²) in [6.45, 7) is 1.54. The summed E-state index contributed by atoms with van der Waals surface area (Å²) in [5.41, 5.74) is -2.00. The Morgan fingerprint density at radius 2 is 2.04 bits per heavy atom. The molecule has 2 heterocycles. The van der Waals surface area contributed by atoms with Crippen LogP contribution in [0.5, 0.6) is 0 Å². The molecule has 3 aliphatic rings. The molecule has 9 heteroatoms. The van der Waals surface area contributed by atoms with E-state index in [4.69, 9.17) is 9.47 Å². The number of methoxy groups -OCH3 is 1. The summed E-state index contributed by atoms with van der Waals surface area (Å²) >= 11 is 0. The van der Waals surface area contributed by atoms with Gasteiger partial charge in [0.05, 0.1) is 25.4 Å². The third-order valence-electron chi connectivity index (χ3n) is 6.76. The van der Waals surface area contributed by atoms with E-state index >= 15 is 0 Å². The van der Waals surface area contributed by atoms with Crippen LogP contribution in [-0.2, 0) is 29.3 Å². The van der Waals surface area contributed by atoms with Crippen LogP contribution in [0, 0.1) is 22.0 Å². The monoisotopic (exact) mass is 388 g/mol. The van der Waals surface area contributed by atoms with Gasteiger partial charge >= 0.3 is 11.9 Å². The first-order chi connectivity index (χ1) is 13.2. The third-order valence-corrected chi connectivity index (χ3v) is 6.76. The first-order valence-electron chi connectivity index (χ1n) is 9.01. The summed E-state index contributed by atoms with van der Waals surface area (Å²) in [6.07, 6.45) is -0.374. The smallest absolute Gasteiger partial charge is 0.310 e. The van der Waals surface area contributed by atoms with Crippen molar-refractivity contribution in [2.45, 2.75) is 36.8 Å². The van der Waals surface area contributed by atoms with Crippen LogP contribution < -0.4 is 4.90 Å². The molecule has 1 aliphatic carbocycles. The number of benzene rings is 1. The SMILES string of the molecule is COC(=O)[C@H]1C[C@@H]([N+](=O)[O-])[C@@H]2CC(=O)O[C@]2(C)[C@@]12C(=O)N(C)c1ccccc12. The lowest BCUT2D eigenvalue weighted by Crippen LogP contribution is -2.69. The maximum absolute atomic E-state index is 13.7. The van der Waals surface area contributed by atoms with Crippen LogP contribution in [-0.4, -0.2) is 48.6 Å². The van der Waals surface area contributed by atoms with Gasteiger partial charge in [0.25, 0.3) is 0 Å². The van der Waals surface area contributed by atoms with E-state index in [9.17, 15) is 24.5 Å². The second-order valence-corrected chi connectivity index (χ2v) is 7.75. The minimum Gasteiger partial charge on any atom is -0.469 e. The number of para-hydroxylation sites is 1. The van der Waals surface area contributed by atoms with E-state index < -0.39 is 51.7 Å².